The van der Waals surface area contributed by atoms with Gasteiger partial charge in [-0.25, -0.2) is 13.1 Å². The smallest absolute Gasteiger partial charge is 0.210 e. The van der Waals surface area contributed by atoms with Crippen molar-refractivity contribution in [1.29, 1.82) is 0 Å². The zero-order valence-corrected chi connectivity index (χ0v) is 14.2. The van der Waals surface area contributed by atoms with Gasteiger partial charge in [-0.3, -0.25) is 0 Å². The van der Waals surface area contributed by atoms with Gasteiger partial charge in [-0.2, -0.15) is 0 Å². The molecule has 0 aliphatic rings. The number of sulfonamides is 1. The van der Waals surface area contributed by atoms with Crippen LogP contribution in [0.15, 0.2) is 59.5 Å². The van der Waals surface area contributed by atoms with E-state index in [-0.39, 0.29) is 5.41 Å². The molecule has 0 saturated carbocycles. The van der Waals surface area contributed by atoms with Gasteiger partial charge in [-0.1, -0.05) is 63.2 Å². The standard InChI is InChI=1S/C18H23NO2S/c1-4-15-10-12-17(13-11-15)22(20,21)19-14-18(2,3)16-8-6-5-7-9-16/h5-13,19H,4,14H2,1-3H3. The van der Waals surface area contributed by atoms with E-state index in [9.17, 15) is 8.42 Å². The van der Waals surface area contributed by atoms with E-state index < -0.39 is 10.0 Å². The van der Waals surface area contributed by atoms with E-state index in [0.29, 0.717) is 11.4 Å². The summed E-state index contributed by atoms with van der Waals surface area (Å²) in [6.07, 6.45) is 0.898. The maximum absolute atomic E-state index is 12.4. The minimum absolute atomic E-state index is 0.266. The molecule has 0 spiro atoms. The zero-order valence-electron chi connectivity index (χ0n) is 13.3. The first-order valence-electron chi connectivity index (χ1n) is 7.49. The fourth-order valence-electron chi connectivity index (χ4n) is 2.25. The number of hydrogen-bond donors (Lipinski definition) is 1. The Hall–Kier alpha value is -1.65. The van der Waals surface area contributed by atoms with Crippen molar-refractivity contribution in [3.05, 3.63) is 65.7 Å². The average Bonchev–Trinajstić information content (AvgIpc) is 2.54. The van der Waals surface area contributed by atoms with Gasteiger partial charge in [-0.15, -0.1) is 0 Å². The minimum Gasteiger partial charge on any atom is -0.210 e. The minimum atomic E-state index is -3.48. The highest BCUT2D eigenvalue weighted by atomic mass is 32.2. The molecule has 0 bridgehead atoms. The molecule has 0 fully saturated rings. The van der Waals surface area contributed by atoms with Gasteiger partial charge in [0.2, 0.25) is 10.0 Å². The van der Waals surface area contributed by atoms with E-state index in [1.54, 1.807) is 12.1 Å². The summed E-state index contributed by atoms with van der Waals surface area (Å²) in [4.78, 5) is 0.313. The van der Waals surface area contributed by atoms with E-state index in [1.807, 2.05) is 63.2 Å². The number of benzene rings is 2. The summed E-state index contributed by atoms with van der Waals surface area (Å²) in [6.45, 7) is 6.47. The van der Waals surface area contributed by atoms with Gasteiger partial charge in [0.05, 0.1) is 4.90 Å². The summed E-state index contributed by atoms with van der Waals surface area (Å²) in [6, 6.07) is 17.0. The number of hydrogen-bond acceptors (Lipinski definition) is 2. The summed E-state index contributed by atoms with van der Waals surface area (Å²) < 4.78 is 27.5. The van der Waals surface area contributed by atoms with Crippen LogP contribution in [0.2, 0.25) is 0 Å². The number of nitrogens with one attached hydrogen (secondary N) is 1. The molecule has 0 saturated heterocycles. The van der Waals surface area contributed by atoms with E-state index in [2.05, 4.69) is 4.72 Å². The monoisotopic (exact) mass is 317 g/mol. The quantitative estimate of drug-likeness (QED) is 0.886. The van der Waals surface area contributed by atoms with Crippen LogP contribution in [0.5, 0.6) is 0 Å². The van der Waals surface area contributed by atoms with Crippen LogP contribution in [0.25, 0.3) is 0 Å². The Morgan fingerprint density at radius 1 is 0.955 bits per heavy atom. The van der Waals surface area contributed by atoms with Crippen LogP contribution in [0.4, 0.5) is 0 Å². The first-order chi connectivity index (χ1) is 10.3. The SMILES string of the molecule is CCc1ccc(S(=O)(=O)NCC(C)(C)c2ccccc2)cc1. The molecular formula is C18H23NO2S. The lowest BCUT2D eigenvalue weighted by Crippen LogP contribution is -2.36. The van der Waals surface area contributed by atoms with Crippen molar-refractivity contribution in [2.75, 3.05) is 6.54 Å². The highest BCUT2D eigenvalue weighted by Gasteiger charge is 2.23. The third-order valence-electron chi connectivity index (χ3n) is 3.90. The first kappa shape index (κ1) is 16.7. The highest BCUT2D eigenvalue weighted by Crippen LogP contribution is 2.22. The maximum atomic E-state index is 12.4. The molecule has 0 atom stereocenters. The fraction of sp³-hybridized carbons (Fsp3) is 0.333. The maximum Gasteiger partial charge on any atom is 0.240 e. The van der Waals surface area contributed by atoms with Crippen LogP contribution in [-0.4, -0.2) is 15.0 Å². The zero-order chi connectivity index (χ0) is 16.2. The van der Waals surface area contributed by atoms with E-state index in [0.717, 1.165) is 17.5 Å². The molecule has 0 aliphatic heterocycles. The predicted octanol–water partition coefficient (Wildman–Crippen LogP) is 3.51. The van der Waals surface area contributed by atoms with Crippen LogP contribution in [-0.2, 0) is 21.9 Å². The topological polar surface area (TPSA) is 46.2 Å². The molecule has 22 heavy (non-hydrogen) atoms. The second-order valence-electron chi connectivity index (χ2n) is 6.07. The Balaban J connectivity index is 2.12. The summed E-state index contributed by atoms with van der Waals surface area (Å²) in [5.74, 6) is 0. The van der Waals surface area contributed by atoms with Gasteiger partial charge in [0.25, 0.3) is 0 Å². The fourth-order valence-corrected chi connectivity index (χ4v) is 3.47. The van der Waals surface area contributed by atoms with Crippen molar-refractivity contribution in [2.45, 2.75) is 37.5 Å². The van der Waals surface area contributed by atoms with Crippen molar-refractivity contribution in [3.63, 3.8) is 0 Å². The molecule has 1 N–H and O–H groups in total. The molecule has 0 aromatic heterocycles. The molecule has 2 rings (SSSR count). The van der Waals surface area contributed by atoms with E-state index in [1.165, 1.54) is 0 Å². The van der Waals surface area contributed by atoms with Crippen molar-refractivity contribution in [2.24, 2.45) is 0 Å². The Morgan fingerprint density at radius 3 is 2.09 bits per heavy atom. The average molecular weight is 317 g/mol. The molecule has 3 nitrogen and oxygen atoms in total. The Morgan fingerprint density at radius 2 is 1.55 bits per heavy atom. The molecule has 2 aromatic carbocycles. The molecule has 0 heterocycles. The van der Waals surface area contributed by atoms with Gasteiger partial charge in [0.15, 0.2) is 0 Å². The molecule has 0 radical (unpaired) electrons. The van der Waals surface area contributed by atoms with Crippen molar-refractivity contribution in [1.82, 2.24) is 4.72 Å². The third kappa shape index (κ3) is 3.96. The van der Waals surface area contributed by atoms with Gasteiger partial charge in [0, 0.05) is 12.0 Å². The summed E-state index contributed by atoms with van der Waals surface area (Å²) >= 11 is 0. The molecule has 0 aliphatic carbocycles. The van der Waals surface area contributed by atoms with E-state index in [4.69, 9.17) is 0 Å². The lowest BCUT2D eigenvalue weighted by molar-refractivity contribution is 0.501. The molecular weight excluding hydrogens is 294 g/mol. The number of rotatable bonds is 6. The number of aryl methyl sites for hydroxylation is 1. The first-order valence-corrected chi connectivity index (χ1v) is 8.97. The summed E-state index contributed by atoms with van der Waals surface area (Å²) in [5, 5.41) is 0. The molecule has 2 aromatic rings. The van der Waals surface area contributed by atoms with Crippen LogP contribution in [0.3, 0.4) is 0 Å². The molecule has 0 amide bonds. The van der Waals surface area contributed by atoms with Crippen molar-refractivity contribution < 1.29 is 8.42 Å². The van der Waals surface area contributed by atoms with Gasteiger partial charge < -0.3 is 0 Å². The molecule has 0 unspecified atom stereocenters. The predicted molar refractivity (Wildman–Crippen MR) is 90.5 cm³/mol. The van der Waals surface area contributed by atoms with Crippen LogP contribution in [0.1, 0.15) is 31.9 Å². The summed E-state index contributed by atoms with van der Waals surface area (Å²) in [5.41, 5.74) is 1.97. The van der Waals surface area contributed by atoms with Crippen LogP contribution < -0.4 is 4.72 Å². The lowest BCUT2D eigenvalue weighted by Gasteiger charge is -2.25. The van der Waals surface area contributed by atoms with Crippen LogP contribution >= 0.6 is 0 Å². The second kappa shape index (κ2) is 6.63. The third-order valence-corrected chi connectivity index (χ3v) is 5.32. The Kier molecular flexibility index (Phi) is 5.04. The Bertz CT molecular complexity index is 705. The highest BCUT2D eigenvalue weighted by molar-refractivity contribution is 7.89. The molecule has 118 valence electrons. The molecule has 4 heteroatoms. The van der Waals surface area contributed by atoms with E-state index >= 15 is 0 Å². The normalized spacial score (nSPS) is 12.3. The van der Waals surface area contributed by atoms with Gasteiger partial charge in [-0.05, 0) is 29.7 Å². The van der Waals surface area contributed by atoms with Crippen LogP contribution in [0, 0.1) is 0 Å². The van der Waals surface area contributed by atoms with Crippen molar-refractivity contribution in [3.8, 4) is 0 Å². The lowest BCUT2D eigenvalue weighted by atomic mass is 9.85. The van der Waals surface area contributed by atoms with Gasteiger partial charge >= 0.3 is 0 Å². The van der Waals surface area contributed by atoms with Gasteiger partial charge in [0.1, 0.15) is 0 Å². The summed E-state index contributed by atoms with van der Waals surface area (Å²) in [7, 11) is -3.48. The second-order valence-corrected chi connectivity index (χ2v) is 7.84. The Labute approximate surface area is 133 Å². The largest absolute Gasteiger partial charge is 0.240 e. The van der Waals surface area contributed by atoms with Crippen molar-refractivity contribution >= 4 is 10.0 Å².